The molecule has 2 aromatic heterocycles. The second-order valence-corrected chi connectivity index (χ2v) is 8.15. The molecular formula is C21H22N4O2. The summed E-state index contributed by atoms with van der Waals surface area (Å²) >= 11 is 0. The van der Waals surface area contributed by atoms with E-state index in [-0.39, 0.29) is 5.56 Å². The number of methoxy groups -OCH3 is 1. The zero-order valence-electron chi connectivity index (χ0n) is 15.7. The summed E-state index contributed by atoms with van der Waals surface area (Å²) in [5, 5.41) is 5.30. The number of H-pyrrole nitrogens is 1. The average Bonchev–Trinajstić information content (AvgIpc) is 3.06. The lowest BCUT2D eigenvalue weighted by Gasteiger charge is -2.55. The molecular weight excluding hydrogens is 340 g/mol. The van der Waals surface area contributed by atoms with E-state index in [0.717, 1.165) is 29.0 Å². The SMILES string of the molecule is COc1ccc2[nH]c3c(=O)n(/N=C\C4=CC[C@H]5C[C@@H]4C5(C)C)cnc3c2c1. The summed E-state index contributed by atoms with van der Waals surface area (Å²) in [6.07, 6.45) is 7.91. The second kappa shape index (κ2) is 5.55. The lowest BCUT2D eigenvalue weighted by atomic mass is 9.49. The minimum atomic E-state index is -0.200. The van der Waals surface area contributed by atoms with Crippen molar-refractivity contribution in [3.63, 3.8) is 0 Å². The topological polar surface area (TPSA) is 72.3 Å². The number of hydrogen-bond acceptors (Lipinski definition) is 4. The summed E-state index contributed by atoms with van der Waals surface area (Å²) in [5.41, 5.74) is 3.32. The van der Waals surface area contributed by atoms with E-state index in [4.69, 9.17) is 4.74 Å². The molecule has 2 atom stereocenters. The minimum absolute atomic E-state index is 0.200. The zero-order valence-corrected chi connectivity index (χ0v) is 15.7. The number of ether oxygens (including phenoxy) is 1. The highest BCUT2D eigenvalue weighted by Crippen LogP contribution is 2.58. The summed E-state index contributed by atoms with van der Waals surface area (Å²) < 4.78 is 6.59. The number of aromatic nitrogens is 3. The monoisotopic (exact) mass is 362 g/mol. The molecule has 2 bridgehead atoms. The van der Waals surface area contributed by atoms with Crippen LogP contribution in [0.5, 0.6) is 5.75 Å². The Morgan fingerprint density at radius 1 is 1.41 bits per heavy atom. The first-order chi connectivity index (χ1) is 13.0. The van der Waals surface area contributed by atoms with Crippen molar-refractivity contribution in [1.29, 1.82) is 0 Å². The van der Waals surface area contributed by atoms with Gasteiger partial charge >= 0.3 is 0 Å². The van der Waals surface area contributed by atoms with Crippen LogP contribution < -0.4 is 10.3 Å². The number of aromatic amines is 1. The molecule has 0 saturated heterocycles. The van der Waals surface area contributed by atoms with Gasteiger partial charge in [0.2, 0.25) is 0 Å². The molecule has 1 aromatic carbocycles. The zero-order chi connectivity index (χ0) is 18.8. The van der Waals surface area contributed by atoms with Crippen LogP contribution >= 0.6 is 0 Å². The molecule has 1 fully saturated rings. The van der Waals surface area contributed by atoms with Crippen LogP contribution in [0.25, 0.3) is 21.9 Å². The molecule has 0 aliphatic heterocycles. The van der Waals surface area contributed by atoms with Crippen LogP contribution in [-0.2, 0) is 0 Å². The number of fused-ring (bicyclic) bond motifs is 4. The summed E-state index contributed by atoms with van der Waals surface area (Å²) in [5.74, 6) is 2.05. The highest BCUT2D eigenvalue weighted by atomic mass is 16.5. The molecule has 6 heteroatoms. The molecule has 138 valence electrons. The van der Waals surface area contributed by atoms with E-state index in [1.165, 1.54) is 23.0 Å². The van der Waals surface area contributed by atoms with E-state index in [1.807, 2.05) is 24.4 Å². The first-order valence-corrected chi connectivity index (χ1v) is 9.30. The van der Waals surface area contributed by atoms with Gasteiger partial charge in [-0.3, -0.25) is 4.79 Å². The van der Waals surface area contributed by atoms with Crippen molar-refractivity contribution >= 4 is 28.2 Å². The van der Waals surface area contributed by atoms with E-state index < -0.39 is 0 Å². The van der Waals surface area contributed by atoms with Crippen LogP contribution in [0.4, 0.5) is 0 Å². The highest BCUT2D eigenvalue weighted by molar-refractivity contribution is 6.04. The van der Waals surface area contributed by atoms with Gasteiger partial charge in [0.1, 0.15) is 23.1 Å². The van der Waals surface area contributed by atoms with Gasteiger partial charge in [-0.05, 0) is 53.9 Å². The van der Waals surface area contributed by atoms with E-state index in [2.05, 4.69) is 35.0 Å². The Labute approximate surface area is 156 Å². The quantitative estimate of drug-likeness (QED) is 0.722. The Kier molecular flexibility index (Phi) is 3.35. The number of hydrogen-bond donors (Lipinski definition) is 1. The Morgan fingerprint density at radius 2 is 2.26 bits per heavy atom. The van der Waals surface area contributed by atoms with Crippen molar-refractivity contribution in [1.82, 2.24) is 14.6 Å². The molecule has 6 nitrogen and oxygen atoms in total. The number of benzene rings is 1. The summed E-state index contributed by atoms with van der Waals surface area (Å²) in [6.45, 7) is 4.65. The van der Waals surface area contributed by atoms with E-state index >= 15 is 0 Å². The standard InChI is InChI=1S/C21H22N4O2/c1-21(2)13-5-4-12(16(21)8-13)10-23-25-11-22-18-15-9-14(27-3)6-7-17(15)24-19(18)20(25)26/h4,6-7,9-11,13,16,24H,5,8H2,1-3H3/b23-10-/t13-,16-/m0/s1. The van der Waals surface area contributed by atoms with Crippen LogP contribution in [0, 0.1) is 17.3 Å². The van der Waals surface area contributed by atoms with Gasteiger partial charge in [-0.1, -0.05) is 19.9 Å². The van der Waals surface area contributed by atoms with E-state index in [0.29, 0.717) is 22.4 Å². The van der Waals surface area contributed by atoms with E-state index in [9.17, 15) is 4.79 Å². The summed E-state index contributed by atoms with van der Waals surface area (Å²) in [6, 6.07) is 5.64. The third kappa shape index (κ3) is 2.29. The van der Waals surface area contributed by atoms with Crippen molar-refractivity contribution < 1.29 is 4.74 Å². The van der Waals surface area contributed by atoms with Gasteiger partial charge in [-0.15, -0.1) is 0 Å². The Bertz CT molecular complexity index is 1180. The van der Waals surface area contributed by atoms with Crippen LogP contribution in [0.3, 0.4) is 0 Å². The fourth-order valence-corrected chi connectivity index (χ4v) is 4.61. The minimum Gasteiger partial charge on any atom is -0.497 e. The largest absolute Gasteiger partial charge is 0.497 e. The van der Waals surface area contributed by atoms with Crippen LogP contribution in [-0.4, -0.2) is 28.0 Å². The fourth-order valence-electron chi connectivity index (χ4n) is 4.61. The van der Waals surface area contributed by atoms with Crippen LogP contribution in [0.1, 0.15) is 26.7 Å². The maximum Gasteiger partial charge on any atom is 0.298 e. The summed E-state index contributed by atoms with van der Waals surface area (Å²) in [4.78, 5) is 20.5. The molecule has 27 heavy (non-hydrogen) atoms. The molecule has 2 heterocycles. The molecule has 0 spiro atoms. The third-order valence-electron chi connectivity index (χ3n) is 6.54. The number of nitrogens with one attached hydrogen (secondary N) is 1. The first-order valence-electron chi connectivity index (χ1n) is 9.30. The number of rotatable bonds is 3. The second-order valence-electron chi connectivity index (χ2n) is 8.15. The number of allylic oxidation sites excluding steroid dienone is 2. The predicted molar refractivity (Wildman–Crippen MR) is 106 cm³/mol. The smallest absolute Gasteiger partial charge is 0.298 e. The van der Waals surface area contributed by atoms with Crippen molar-refractivity contribution in [3.8, 4) is 5.75 Å². The maximum atomic E-state index is 12.9. The van der Waals surface area contributed by atoms with E-state index in [1.54, 1.807) is 7.11 Å². The molecule has 1 N–H and O–H groups in total. The average molecular weight is 362 g/mol. The van der Waals surface area contributed by atoms with Crippen LogP contribution in [0.15, 0.2) is 46.1 Å². The van der Waals surface area contributed by atoms with Gasteiger partial charge in [-0.2, -0.15) is 9.78 Å². The summed E-state index contributed by atoms with van der Waals surface area (Å²) in [7, 11) is 1.62. The molecule has 3 aliphatic carbocycles. The normalized spacial score (nSPS) is 23.6. The Hall–Kier alpha value is -2.89. The molecule has 0 unspecified atom stereocenters. The van der Waals surface area contributed by atoms with Crippen molar-refractivity contribution in [2.24, 2.45) is 22.4 Å². The fraction of sp³-hybridized carbons (Fsp3) is 0.381. The van der Waals surface area contributed by atoms with Gasteiger partial charge in [0.25, 0.3) is 5.56 Å². The Balaban J connectivity index is 1.55. The maximum absolute atomic E-state index is 12.9. The van der Waals surface area contributed by atoms with Crippen molar-refractivity contribution in [2.75, 3.05) is 7.11 Å². The first kappa shape index (κ1) is 16.3. The van der Waals surface area contributed by atoms with Crippen molar-refractivity contribution in [3.05, 3.63) is 46.5 Å². The van der Waals surface area contributed by atoms with Gasteiger partial charge in [-0.25, -0.2) is 4.98 Å². The van der Waals surface area contributed by atoms with Crippen LogP contribution in [0.2, 0.25) is 0 Å². The van der Waals surface area contributed by atoms with Gasteiger partial charge in [0, 0.05) is 10.9 Å². The molecule has 6 rings (SSSR count). The van der Waals surface area contributed by atoms with Gasteiger partial charge < -0.3 is 9.72 Å². The number of nitrogens with zero attached hydrogens (tertiary/aromatic N) is 3. The molecule has 3 aliphatic rings. The Morgan fingerprint density at radius 3 is 3.00 bits per heavy atom. The lowest BCUT2D eigenvalue weighted by Crippen LogP contribution is -2.48. The third-order valence-corrected chi connectivity index (χ3v) is 6.54. The highest BCUT2D eigenvalue weighted by Gasteiger charge is 2.50. The molecule has 3 aromatic rings. The molecule has 0 radical (unpaired) electrons. The van der Waals surface area contributed by atoms with Crippen molar-refractivity contribution in [2.45, 2.75) is 26.7 Å². The predicted octanol–water partition coefficient (Wildman–Crippen LogP) is 3.71. The van der Waals surface area contributed by atoms with Gasteiger partial charge in [0.15, 0.2) is 0 Å². The lowest BCUT2D eigenvalue weighted by molar-refractivity contribution is -0.00127. The molecule has 0 amide bonds. The van der Waals surface area contributed by atoms with Gasteiger partial charge in [0.05, 0.1) is 13.3 Å². The molecule has 1 saturated carbocycles.